The third-order valence-corrected chi connectivity index (χ3v) is 2.85. The lowest BCUT2D eigenvalue weighted by Gasteiger charge is -2.17. The summed E-state index contributed by atoms with van der Waals surface area (Å²) in [5.41, 5.74) is 0. The molecule has 6 nitrogen and oxygen atoms in total. The van der Waals surface area contributed by atoms with Crippen LogP contribution in [0.1, 0.15) is 11.9 Å². The van der Waals surface area contributed by atoms with E-state index in [-0.39, 0.29) is 13.2 Å². The molecule has 0 aliphatic rings. The van der Waals surface area contributed by atoms with Crippen LogP contribution in [-0.4, -0.2) is 58.2 Å². The highest BCUT2D eigenvalue weighted by Crippen LogP contribution is 2.16. The Morgan fingerprint density at radius 2 is 1.94 bits per heavy atom. The average molecular weight is 246 g/mol. The van der Waals surface area contributed by atoms with E-state index in [0.717, 1.165) is 16.7 Å². The van der Waals surface area contributed by atoms with Crippen LogP contribution in [0.2, 0.25) is 0 Å². The molecule has 0 unspecified atom stereocenters. The molecule has 92 valence electrons. The lowest BCUT2D eigenvalue weighted by Crippen LogP contribution is -2.29. The molecule has 3 N–H and O–H groups in total. The first kappa shape index (κ1) is 13.3. The van der Waals surface area contributed by atoms with Crippen LogP contribution in [0, 0.1) is 0 Å². The molecule has 7 heteroatoms. The summed E-state index contributed by atoms with van der Waals surface area (Å²) < 4.78 is 0. The number of anilines is 1. The standard InChI is InChI=1S/C9H18N4O2S/c1-2-10-9-12-11-8(16-9)7-13(3-5-14)4-6-15/h14-15H,2-7H2,1H3,(H,10,12). The van der Waals surface area contributed by atoms with E-state index in [1.807, 2.05) is 11.8 Å². The van der Waals surface area contributed by atoms with Crippen LogP contribution in [0.5, 0.6) is 0 Å². The molecule has 0 aliphatic carbocycles. The van der Waals surface area contributed by atoms with Gasteiger partial charge in [-0.15, -0.1) is 10.2 Å². The third-order valence-electron chi connectivity index (χ3n) is 1.99. The Kier molecular flexibility index (Phi) is 6.24. The Balaban J connectivity index is 2.48. The van der Waals surface area contributed by atoms with Gasteiger partial charge in [0, 0.05) is 19.6 Å². The zero-order chi connectivity index (χ0) is 11.8. The van der Waals surface area contributed by atoms with E-state index in [1.54, 1.807) is 0 Å². The number of aliphatic hydroxyl groups is 2. The Labute approximate surface area is 98.9 Å². The van der Waals surface area contributed by atoms with Crippen molar-refractivity contribution in [2.45, 2.75) is 13.5 Å². The normalized spacial score (nSPS) is 11.0. The summed E-state index contributed by atoms with van der Waals surface area (Å²) in [6.45, 7) is 4.69. The Hall–Kier alpha value is -0.760. The van der Waals surface area contributed by atoms with Crippen LogP contribution < -0.4 is 5.32 Å². The molecular formula is C9H18N4O2S. The number of hydrogen-bond acceptors (Lipinski definition) is 7. The summed E-state index contributed by atoms with van der Waals surface area (Å²) in [5.74, 6) is 0. The molecule has 0 spiro atoms. The fourth-order valence-electron chi connectivity index (χ4n) is 1.28. The van der Waals surface area contributed by atoms with Gasteiger partial charge in [-0.25, -0.2) is 0 Å². The second kappa shape index (κ2) is 7.50. The first-order valence-corrected chi connectivity index (χ1v) is 6.12. The van der Waals surface area contributed by atoms with E-state index in [0.29, 0.717) is 19.6 Å². The molecule has 0 aliphatic heterocycles. The molecule has 0 saturated carbocycles. The predicted molar refractivity (Wildman–Crippen MR) is 63.5 cm³/mol. The zero-order valence-corrected chi connectivity index (χ0v) is 10.2. The van der Waals surface area contributed by atoms with Gasteiger partial charge in [0.25, 0.3) is 0 Å². The van der Waals surface area contributed by atoms with Crippen LogP contribution in [0.15, 0.2) is 0 Å². The lowest BCUT2D eigenvalue weighted by molar-refractivity contribution is 0.155. The lowest BCUT2D eigenvalue weighted by atomic mass is 10.4. The summed E-state index contributed by atoms with van der Waals surface area (Å²) >= 11 is 1.50. The van der Waals surface area contributed by atoms with Gasteiger partial charge < -0.3 is 15.5 Å². The molecule has 0 amide bonds. The van der Waals surface area contributed by atoms with Gasteiger partial charge in [-0.2, -0.15) is 0 Å². The third kappa shape index (κ3) is 4.40. The van der Waals surface area contributed by atoms with E-state index in [4.69, 9.17) is 10.2 Å². The maximum Gasteiger partial charge on any atom is 0.205 e. The van der Waals surface area contributed by atoms with Gasteiger partial charge in [-0.05, 0) is 6.92 Å². The van der Waals surface area contributed by atoms with Gasteiger partial charge in [0.15, 0.2) is 0 Å². The van der Waals surface area contributed by atoms with Gasteiger partial charge >= 0.3 is 0 Å². The minimum Gasteiger partial charge on any atom is -0.395 e. The molecule has 0 saturated heterocycles. The molecule has 16 heavy (non-hydrogen) atoms. The molecule has 0 atom stereocenters. The Morgan fingerprint density at radius 1 is 1.25 bits per heavy atom. The first-order chi connectivity index (χ1) is 7.80. The highest BCUT2D eigenvalue weighted by molar-refractivity contribution is 7.15. The molecule has 1 rings (SSSR count). The van der Waals surface area contributed by atoms with Crippen molar-refractivity contribution < 1.29 is 10.2 Å². The fraction of sp³-hybridized carbons (Fsp3) is 0.778. The van der Waals surface area contributed by atoms with E-state index in [1.165, 1.54) is 11.3 Å². The SMILES string of the molecule is CCNc1nnc(CN(CCO)CCO)s1. The van der Waals surface area contributed by atoms with Crippen LogP contribution in [0.4, 0.5) is 5.13 Å². The largest absolute Gasteiger partial charge is 0.395 e. The summed E-state index contributed by atoms with van der Waals surface area (Å²) in [5, 5.41) is 30.5. The number of nitrogens with zero attached hydrogens (tertiary/aromatic N) is 3. The summed E-state index contributed by atoms with van der Waals surface area (Å²) in [6, 6.07) is 0. The van der Waals surface area contributed by atoms with Crippen molar-refractivity contribution in [3.8, 4) is 0 Å². The molecule has 1 heterocycles. The van der Waals surface area contributed by atoms with Crippen molar-refractivity contribution in [1.82, 2.24) is 15.1 Å². The number of rotatable bonds is 8. The van der Waals surface area contributed by atoms with Crippen molar-refractivity contribution >= 4 is 16.5 Å². The van der Waals surface area contributed by atoms with Crippen LogP contribution in [-0.2, 0) is 6.54 Å². The smallest absolute Gasteiger partial charge is 0.205 e. The van der Waals surface area contributed by atoms with Gasteiger partial charge in [-0.3, -0.25) is 4.90 Å². The molecule has 1 aromatic heterocycles. The number of aromatic nitrogens is 2. The number of hydrogen-bond donors (Lipinski definition) is 3. The van der Waals surface area contributed by atoms with E-state index < -0.39 is 0 Å². The van der Waals surface area contributed by atoms with E-state index >= 15 is 0 Å². The number of aliphatic hydroxyl groups excluding tert-OH is 2. The average Bonchev–Trinajstić information content (AvgIpc) is 2.67. The summed E-state index contributed by atoms with van der Waals surface area (Å²) in [7, 11) is 0. The second-order valence-electron chi connectivity index (χ2n) is 3.25. The molecular weight excluding hydrogens is 228 g/mol. The summed E-state index contributed by atoms with van der Waals surface area (Å²) in [4.78, 5) is 1.94. The highest BCUT2D eigenvalue weighted by atomic mass is 32.1. The topological polar surface area (TPSA) is 81.5 Å². The molecule has 0 radical (unpaired) electrons. The molecule has 0 bridgehead atoms. The monoisotopic (exact) mass is 246 g/mol. The molecule has 0 aromatic carbocycles. The van der Waals surface area contributed by atoms with Crippen molar-refractivity contribution in [3.63, 3.8) is 0 Å². The van der Waals surface area contributed by atoms with Crippen LogP contribution in [0.25, 0.3) is 0 Å². The first-order valence-electron chi connectivity index (χ1n) is 5.30. The molecule has 1 aromatic rings. The van der Waals surface area contributed by atoms with E-state index in [2.05, 4.69) is 15.5 Å². The highest BCUT2D eigenvalue weighted by Gasteiger charge is 2.09. The predicted octanol–water partition coefficient (Wildman–Crippen LogP) is -0.244. The summed E-state index contributed by atoms with van der Waals surface area (Å²) in [6.07, 6.45) is 0. The van der Waals surface area contributed by atoms with Gasteiger partial charge in [-0.1, -0.05) is 11.3 Å². The van der Waals surface area contributed by atoms with Crippen molar-refractivity contribution in [2.24, 2.45) is 0 Å². The van der Waals surface area contributed by atoms with Crippen LogP contribution >= 0.6 is 11.3 Å². The maximum absolute atomic E-state index is 8.86. The Morgan fingerprint density at radius 3 is 2.50 bits per heavy atom. The van der Waals surface area contributed by atoms with Crippen molar-refractivity contribution in [3.05, 3.63) is 5.01 Å². The number of nitrogens with one attached hydrogen (secondary N) is 1. The Bertz CT molecular complexity index is 289. The van der Waals surface area contributed by atoms with Gasteiger partial charge in [0.2, 0.25) is 5.13 Å². The minimum absolute atomic E-state index is 0.0822. The van der Waals surface area contributed by atoms with Crippen LogP contribution in [0.3, 0.4) is 0 Å². The van der Waals surface area contributed by atoms with Crippen molar-refractivity contribution in [2.75, 3.05) is 38.2 Å². The van der Waals surface area contributed by atoms with Gasteiger partial charge in [0.1, 0.15) is 5.01 Å². The fourth-order valence-corrected chi connectivity index (χ4v) is 2.13. The second-order valence-corrected chi connectivity index (χ2v) is 4.32. The quantitative estimate of drug-likeness (QED) is 0.587. The minimum atomic E-state index is 0.0822. The van der Waals surface area contributed by atoms with Crippen molar-refractivity contribution in [1.29, 1.82) is 0 Å². The zero-order valence-electron chi connectivity index (χ0n) is 9.39. The van der Waals surface area contributed by atoms with E-state index in [9.17, 15) is 0 Å². The van der Waals surface area contributed by atoms with Gasteiger partial charge in [0.05, 0.1) is 19.8 Å². The molecule has 0 fully saturated rings. The maximum atomic E-state index is 8.86.